The Morgan fingerprint density at radius 1 is 1.07 bits per heavy atom. The summed E-state index contributed by atoms with van der Waals surface area (Å²) in [6, 6.07) is 12.3. The van der Waals surface area contributed by atoms with Gasteiger partial charge in [-0.05, 0) is 55.2 Å². The minimum atomic E-state index is -3.48. The molecular weight excluding hydrogens is 367 g/mol. The number of carbonyl (C=O) groups excluding carboxylic acids is 1. The number of aryl methyl sites for hydroxylation is 1. The van der Waals surface area contributed by atoms with Crippen LogP contribution in [0.25, 0.3) is 0 Å². The van der Waals surface area contributed by atoms with Gasteiger partial charge in [0.2, 0.25) is 15.9 Å². The van der Waals surface area contributed by atoms with Gasteiger partial charge in [-0.25, -0.2) is 17.5 Å². The van der Waals surface area contributed by atoms with E-state index in [2.05, 4.69) is 10.0 Å². The van der Waals surface area contributed by atoms with E-state index >= 15 is 0 Å². The summed E-state index contributed by atoms with van der Waals surface area (Å²) in [6.45, 7) is 4.14. The molecule has 0 aliphatic rings. The Labute approximate surface area is 160 Å². The molecule has 0 bridgehead atoms. The average Bonchev–Trinajstić information content (AvgIpc) is 2.65. The highest BCUT2D eigenvalue weighted by molar-refractivity contribution is 7.89. The van der Waals surface area contributed by atoms with Gasteiger partial charge in [0.15, 0.2) is 0 Å². The highest BCUT2D eigenvalue weighted by atomic mass is 32.2. The zero-order valence-corrected chi connectivity index (χ0v) is 16.4. The third-order valence-corrected chi connectivity index (χ3v) is 5.64. The Kier molecular flexibility index (Phi) is 7.50. The molecule has 5 nitrogen and oxygen atoms in total. The summed E-state index contributed by atoms with van der Waals surface area (Å²) in [5.41, 5.74) is 1.72. The predicted octanol–water partition coefficient (Wildman–Crippen LogP) is 3.32. The lowest BCUT2D eigenvalue weighted by atomic mass is 10.1. The van der Waals surface area contributed by atoms with Crippen LogP contribution in [0.2, 0.25) is 0 Å². The van der Waals surface area contributed by atoms with Crippen LogP contribution in [-0.2, 0) is 21.2 Å². The Morgan fingerprint density at radius 2 is 1.70 bits per heavy atom. The number of amides is 1. The van der Waals surface area contributed by atoms with E-state index in [9.17, 15) is 17.6 Å². The molecule has 2 aromatic rings. The Morgan fingerprint density at radius 3 is 2.30 bits per heavy atom. The molecule has 1 amide bonds. The van der Waals surface area contributed by atoms with Crippen LogP contribution in [0.15, 0.2) is 53.4 Å². The first kappa shape index (κ1) is 21.1. The van der Waals surface area contributed by atoms with Gasteiger partial charge in [-0.15, -0.1) is 0 Å². The lowest BCUT2D eigenvalue weighted by Crippen LogP contribution is -2.26. The van der Waals surface area contributed by atoms with Gasteiger partial charge in [-0.1, -0.05) is 31.2 Å². The van der Waals surface area contributed by atoms with Crippen LogP contribution in [0.3, 0.4) is 0 Å². The van der Waals surface area contributed by atoms with Gasteiger partial charge in [0.1, 0.15) is 5.82 Å². The zero-order chi connectivity index (χ0) is 19.9. The van der Waals surface area contributed by atoms with Crippen molar-refractivity contribution in [2.24, 2.45) is 0 Å². The van der Waals surface area contributed by atoms with Gasteiger partial charge in [-0.3, -0.25) is 4.79 Å². The Hall–Kier alpha value is -2.25. The number of benzene rings is 2. The molecule has 2 aromatic carbocycles. The number of rotatable bonds is 9. The molecule has 1 atom stereocenters. The molecule has 0 fully saturated rings. The van der Waals surface area contributed by atoms with Crippen LogP contribution < -0.4 is 10.0 Å². The smallest absolute Gasteiger partial charge is 0.240 e. The van der Waals surface area contributed by atoms with Gasteiger partial charge in [0.25, 0.3) is 0 Å². The van der Waals surface area contributed by atoms with Crippen molar-refractivity contribution in [3.8, 4) is 0 Å². The average molecular weight is 392 g/mol. The summed E-state index contributed by atoms with van der Waals surface area (Å²) in [7, 11) is -3.48. The number of hydrogen-bond donors (Lipinski definition) is 2. The van der Waals surface area contributed by atoms with Crippen molar-refractivity contribution in [2.75, 3.05) is 6.54 Å². The maximum absolute atomic E-state index is 13.0. The van der Waals surface area contributed by atoms with E-state index in [0.717, 1.165) is 17.5 Å². The number of halogens is 1. The van der Waals surface area contributed by atoms with Gasteiger partial charge in [-0.2, -0.15) is 0 Å². The molecule has 0 radical (unpaired) electrons. The van der Waals surface area contributed by atoms with E-state index in [-0.39, 0.29) is 29.1 Å². The van der Waals surface area contributed by atoms with Crippen LogP contribution >= 0.6 is 0 Å². The van der Waals surface area contributed by atoms with Crippen LogP contribution in [-0.4, -0.2) is 20.9 Å². The van der Waals surface area contributed by atoms with Crippen molar-refractivity contribution < 1.29 is 17.6 Å². The Bertz CT molecular complexity index is 850. The quantitative estimate of drug-likeness (QED) is 0.687. The lowest BCUT2D eigenvalue weighted by molar-refractivity contribution is -0.121. The minimum absolute atomic E-state index is 0.117. The topological polar surface area (TPSA) is 75.3 Å². The fraction of sp³-hybridized carbons (Fsp3) is 0.350. The van der Waals surface area contributed by atoms with Crippen molar-refractivity contribution in [3.63, 3.8) is 0 Å². The van der Waals surface area contributed by atoms with Crippen LogP contribution in [0.4, 0.5) is 4.39 Å². The molecule has 0 aliphatic carbocycles. The van der Waals surface area contributed by atoms with E-state index in [4.69, 9.17) is 0 Å². The fourth-order valence-corrected chi connectivity index (χ4v) is 3.70. The summed E-state index contributed by atoms with van der Waals surface area (Å²) in [5, 5.41) is 2.88. The molecule has 0 spiro atoms. The molecule has 0 saturated carbocycles. The minimum Gasteiger partial charge on any atom is -0.350 e. The molecule has 7 heteroatoms. The summed E-state index contributed by atoms with van der Waals surface area (Å²) in [4.78, 5) is 12.3. The molecule has 27 heavy (non-hydrogen) atoms. The highest BCUT2D eigenvalue weighted by Crippen LogP contribution is 2.14. The summed E-state index contributed by atoms with van der Waals surface area (Å²) in [6.07, 6.45) is 1.51. The standard InChI is InChI=1S/C20H25FN2O3S/c1-3-14-22-27(25,26)19-11-4-16(5-12-19)6-13-20(24)23-15(2)17-7-9-18(21)10-8-17/h4-5,7-12,15,22H,3,6,13-14H2,1-2H3,(H,23,24). The third-order valence-electron chi connectivity index (χ3n) is 4.16. The summed E-state index contributed by atoms with van der Waals surface area (Å²) in [5.74, 6) is -0.430. The third kappa shape index (κ3) is 6.45. The Balaban J connectivity index is 1.87. The van der Waals surface area contributed by atoms with Gasteiger partial charge in [0.05, 0.1) is 10.9 Å². The largest absolute Gasteiger partial charge is 0.350 e. The van der Waals surface area contributed by atoms with E-state index in [0.29, 0.717) is 13.0 Å². The fourth-order valence-electron chi connectivity index (χ4n) is 2.56. The van der Waals surface area contributed by atoms with Gasteiger partial charge >= 0.3 is 0 Å². The molecule has 1 unspecified atom stereocenters. The zero-order valence-electron chi connectivity index (χ0n) is 15.5. The van der Waals surface area contributed by atoms with Crippen LogP contribution in [0.1, 0.15) is 43.9 Å². The van der Waals surface area contributed by atoms with E-state index in [1.807, 2.05) is 13.8 Å². The number of hydrogen-bond acceptors (Lipinski definition) is 3. The lowest BCUT2D eigenvalue weighted by Gasteiger charge is -2.14. The molecule has 0 heterocycles. The maximum atomic E-state index is 13.0. The van der Waals surface area contributed by atoms with Crippen molar-refractivity contribution in [1.82, 2.24) is 10.0 Å². The summed E-state index contributed by atoms with van der Waals surface area (Å²) >= 11 is 0. The number of sulfonamides is 1. The summed E-state index contributed by atoms with van der Waals surface area (Å²) < 4.78 is 39.6. The predicted molar refractivity (Wildman–Crippen MR) is 103 cm³/mol. The molecule has 2 rings (SSSR count). The van der Waals surface area contributed by atoms with Gasteiger partial charge in [0, 0.05) is 13.0 Å². The van der Waals surface area contributed by atoms with Crippen molar-refractivity contribution in [1.29, 1.82) is 0 Å². The first-order chi connectivity index (χ1) is 12.8. The number of nitrogens with one attached hydrogen (secondary N) is 2. The van der Waals surface area contributed by atoms with Crippen LogP contribution in [0.5, 0.6) is 0 Å². The highest BCUT2D eigenvalue weighted by Gasteiger charge is 2.13. The molecule has 146 valence electrons. The van der Waals surface area contributed by atoms with Gasteiger partial charge < -0.3 is 5.32 Å². The first-order valence-electron chi connectivity index (χ1n) is 8.95. The first-order valence-corrected chi connectivity index (χ1v) is 10.4. The SMILES string of the molecule is CCCNS(=O)(=O)c1ccc(CCC(=O)NC(C)c2ccc(F)cc2)cc1. The molecular formula is C20H25FN2O3S. The molecule has 0 aromatic heterocycles. The molecule has 0 aliphatic heterocycles. The second kappa shape index (κ2) is 9.62. The second-order valence-electron chi connectivity index (χ2n) is 6.38. The second-order valence-corrected chi connectivity index (χ2v) is 8.15. The normalized spacial score (nSPS) is 12.6. The van der Waals surface area contributed by atoms with Crippen LogP contribution in [0, 0.1) is 5.82 Å². The van der Waals surface area contributed by atoms with Crippen molar-refractivity contribution in [3.05, 3.63) is 65.5 Å². The van der Waals surface area contributed by atoms with E-state index in [1.165, 1.54) is 12.1 Å². The van der Waals surface area contributed by atoms with Crippen molar-refractivity contribution >= 4 is 15.9 Å². The van der Waals surface area contributed by atoms with E-state index in [1.54, 1.807) is 36.4 Å². The van der Waals surface area contributed by atoms with Crippen molar-refractivity contribution in [2.45, 2.75) is 44.0 Å². The monoisotopic (exact) mass is 392 g/mol. The maximum Gasteiger partial charge on any atom is 0.240 e. The number of carbonyl (C=O) groups is 1. The molecule has 0 saturated heterocycles. The van der Waals surface area contributed by atoms with E-state index < -0.39 is 10.0 Å². The molecule has 2 N–H and O–H groups in total.